The summed E-state index contributed by atoms with van der Waals surface area (Å²) in [4.78, 5) is 29.8. The van der Waals surface area contributed by atoms with E-state index in [2.05, 4.69) is 25.7 Å². The Morgan fingerprint density at radius 1 is 1.09 bits per heavy atom. The number of nitrogens with one attached hydrogen (secondary N) is 3. The molecule has 4 heterocycles. The summed E-state index contributed by atoms with van der Waals surface area (Å²) in [5.41, 5.74) is 1.06. The fourth-order valence-electron chi connectivity index (χ4n) is 3.79. The molecule has 0 bridgehead atoms. The number of hydrogen-bond acceptors (Lipinski definition) is 7. The summed E-state index contributed by atoms with van der Waals surface area (Å²) >= 11 is 2.69. The number of aromatic nitrogens is 2. The van der Waals surface area contributed by atoms with Gasteiger partial charge in [-0.2, -0.15) is 5.10 Å². The van der Waals surface area contributed by atoms with Crippen molar-refractivity contribution < 1.29 is 14.3 Å². The minimum Gasteiger partial charge on any atom is -0.379 e. The first-order chi connectivity index (χ1) is 16.2. The van der Waals surface area contributed by atoms with Gasteiger partial charge in [-0.05, 0) is 23.1 Å². The van der Waals surface area contributed by atoms with E-state index < -0.39 is 0 Å². The smallest absolute Gasteiger partial charge is 0.266 e. The van der Waals surface area contributed by atoms with Crippen LogP contribution in [0, 0.1) is 0 Å². The molecule has 8 nitrogen and oxygen atoms in total. The number of amides is 2. The predicted octanol–water partition coefficient (Wildman–Crippen LogP) is 3.74. The van der Waals surface area contributed by atoms with Crippen molar-refractivity contribution in [1.29, 1.82) is 0 Å². The zero-order valence-electron chi connectivity index (χ0n) is 17.7. The summed E-state index contributed by atoms with van der Waals surface area (Å²) in [5, 5.41) is 15.7. The van der Waals surface area contributed by atoms with Crippen LogP contribution in [0.3, 0.4) is 0 Å². The summed E-state index contributed by atoms with van der Waals surface area (Å²) in [7, 11) is 0. The molecule has 33 heavy (non-hydrogen) atoms. The molecule has 4 aromatic rings. The molecule has 0 saturated carbocycles. The van der Waals surface area contributed by atoms with E-state index in [1.807, 2.05) is 41.8 Å². The van der Waals surface area contributed by atoms with Crippen LogP contribution in [0.2, 0.25) is 0 Å². The van der Waals surface area contributed by atoms with Gasteiger partial charge in [0.15, 0.2) is 5.82 Å². The maximum absolute atomic E-state index is 13.2. The third kappa shape index (κ3) is 4.98. The number of carbonyl (C=O) groups excluding carboxylic acids is 2. The van der Waals surface area contributed by atoms with E-state index in [-0.39, 0.29) is 17.9 Å². The van der Waals surface area contributed by atoms with Crippen molar-refractivity contribution in [3.05, 3.63) is 69.2 Å². The number of nitrogens with zero attached hydrogens (tertiary/aromatic N) is 2. The summed E-state index contributed by atoms with van der Waals surface area (Å²) in [6, 6.07) is 15.2. The Hall–Kier alpha value is -3.05. The maximum Gasteiger partial charge on any atom is 0.266 e. The van der Waals surface area contributed by atoms with E-state index in [9.17, 15) is 9.59 Å². The minimum atomic E-state index is -0.217. The Labute approximate surface area is 198 Å². The van der Waals surface area contributed by atoms with Crippen molar-refractivity contribution >= 4 is 50.5 Å². The van der Waals surface area contributed by atoms with E-state index in [4.69, 9.17) is 4.74 Å². The molecular formula is C23H23N5O3S2. The third-order valence-corrected chi connectivity index (χ3v) is 7.42. The Morgan fingerprint density at radius 3 is 2.67 bits per heavy atom. The van der Waals surface area contributed by atoms with Gasteiger partial charge in [-0.15, -0.1) is 22.7 Å². The number of aromatic amines is 1. The average molecular weight is 482 g/mol. The molecule has 170 valence electrons. The number of ether oxygens (including phenoxy) is 1. The van der Waals surface area contributed by atoms with E-state index in [0.717, 1.165) is 28.9 Å². The molecule has 1 aliphatic heterocycles. The van der Waals surface area contributed by atoms with E-state index in [0.29, 0.717) is 35.3 Å². The zero-order valence-corrected chi connectivity index (χ0v) is 19.4. The third-order valence-electron chi connectivity index (χ3n) is 5.51. The Balaban J connectivity index is 1.33. The number of benzene rings is 1. The summed E-state index contributed by atoms with van der Waals surface area (Å²) < 4.78 is 5.46. The molecule has 1 saturated heterocycles. The van der Waals surface area contributed by atoms with Crippen molar-refractivity contribution in [1.82, 2.24) is 20.4 Å². The van der Waals surface area contributed by atoms with Gasteiger partial charge in [0.2, 0.25) is 0 Å². The molecule has 0 aliphatic carbocycles. The van der Waals surface area contributed by atoms with Crippen molar-refractivity contribution in [2.75, 3.05) is 38.2 Å². The molecule has 0 radical (unpaired) electrons. The van der Waals surface area contributed by atoms with Gasteiger partial charge in [-0.1, -0.05) is 36.4 Å². The number of morpholine rings is 1. The van der Waals surface area contributed by atoms with Gasteiger partial charge >= 0.3 is 0 Å². The lowest BCUT2D eigenvalue weighted by atomic mass is 10.1. The standard InChI is InChI=1S/C23H23N5O3S2/c29-21(18-7-4-12-32-18)25-20-16-13-19(33-23(16)27-26-20)22(30)24-17(15-5-2-1-3-6-15)14-28-8-10-31-11-9-28/h1-7,12-13,17H,8-11,14H2,(H,24,30)(H2,25,26,27,29)/t17-/m1/s1. The molecule has 0 spiro atoms. The molecular weight excluding hydrogens is 458 g/mol. The highest BCUT2D eigenvalue weighted by Gasteiger charge is 2.23. The lowest BCUT2D eigenvalue weighted by Gasteiger charge is -2.31. The normalized spacial score (nSPS) is 15.4. The fourth-order valence-corrected chi connectivity index (χ4v) is 5.32. The van der Waals surface area contributed by atoms with Gasteiger partial charge in [0.25, 0.3) is 11.8 Å². The second-order valence-corrected chi connectivity index (χ2v) is 9.71. The number of thiophene rings is 2. The quantitative estimate of drug-likeness (QED) is 0.373. The second kappa shape index (κ2) is 9.84. The molecule has 1 fully saturated rings. The summed E-state index contributed by atoms with van der Waals surface area (Å²) in [6.07, 6.45) is 0. The monoisotopic (exact) mass is 481 g/mol. The molecule has 10 heteroatoms. The van der Waals surface area contributed by atoms with Crippen LogP contribution in [0.5, 0.6) is 0 Å². The van der Waals surface area contributed by atoms with Crippen molar-refractivity contribution in [2.24, 2.45) is 0 Å². The van der Waals surface area contributed by atoms with Crippen LogP contribution >= 0.6 is 22.7 Å². The van der Waals surface area contributed by atoms with Crippen LogP contribution in [0.4, 0.5) is 5.82 Å². The van der Waals surface area contributed by atoms with Crippen molar-refractivity contribution in [3.8, 4) is 0 Å². The van der Waals surface area contributed by atoms with E-state index in [1.165, 1.54) is 22.7 Å². The van der Waals surface area contributed by atoms with Crippen LogP contribution in [-0.2, 0) is 4.74 Å². The number of hydrogen-bond donors (Lipinski definition) is 3. The van der Waals surface area contributed by atoms with Crippen LogP contribution < -0.4 is 10.6 Å². The highest BCUT2D eigenvalue weighted by Crippen LogP contribution is 2.30. The molecule has 3 aromatic heterocycles. The molecule has 2 amide bonds. The fraction of sp³-hybridized carbons (Fsp3) is 0.261. The van der Waals surface area contributed by atoms with E-state index >= 15 is 0 Å². The number of fused-ring (bicyclic) bond motifs is 1. The zero-order chi connectivity index (χ0) is 22.6. The van der Waals surface area contributed by atoms with E-state index in [1.54, 1.807) is 12.1 Å². The Bertz CT molecular complexity index is 1230. The highest BCUT2D eigenvalue weighted by molar-refractivity contribution is 7.20. The molecule has 0 unspecified atom stereocenters. The number of rotatable bonds is 7. The minimum absolute atomic E-state index is 0.145. The predicted molar refractivity (Wildman–Crippen MR) is 130 cm³/mol. The number of anilines is 1. The number of H-pyrrole nitrogens is 1. The van der Waals surface area contributed by atoms with Gasteiger partial charge in [-0.25, -0.2) is 0 Å². The molecule has 1 atom stereocenters. The average Bonchev–Trinajstić information content (AvgIpc) is 3.59. The highest BCUT2D eigenvalue weighted by atomic mass is 32.1. The molecule has 1 aromatic carbocycles. The lowest BCUT2D eigenvalue weighted by molar-refractivity contribution is 0.0332. The van der Waals surface area contributed by atoms with Crippen LogP contribution in [0.25, 0.3) is 10.2 Å². The maximum atomic E-state index is 13.2. The van der Waals surface area contributed by atoms with Crippen LogP contribution in [0.15, 0.2) is 53.9 Å². The van der Waals surface area contributed by atoms with Crippen LogP contribution in [0.1, 0.15) is 30.9 Å². The van der Waals surface area contributed by atoms with Crippen molar-refractivity contribution in [2.45, 2.75) is 6.04 Å². The summed E-state index contributed by atoms with van der Waals surface area (Å²) in [5.74, 6) is 0.0547. The lowest BCUT2D eigenvalue weighted by Crippen LogP contribution is -2.43. The first-order valence-corrected chi connectivity index (χ1v) is 12.4. The number of carbonyl (C=O) groups is 2. The van der Waals surface area contributed by atoms with Gasteiger partial charge in [0, 0.05) is 19.6 Å². The van der Waals surface area contributed by atoms with Gasteiger partial charge in [0.05, 0.1) is 34.4 Å². The van der Waals surface area contributed by atoms with Gasteiger partial charge in [0.1, 0.15) is 4.83 Å². The van der Waals surface area contributed by atoms with Gasteiger partial charge < -0.3 is 15.4 Å². The van der Waals surface area contributed by atoms with Crippen LogP contribution in [-0.4, -0.2) is 59.8 Å². The SMILES string of the molecule is O=C(Nc1n[nH]c2sc(C(=O)N[C@H](CN3CCOCC3)c3ccccc3)cc12)c1cccs1. The first kappa shape index (κ1) is 21.8. The Morgan fingerprint density at radius 2 is 1.91 bits per heavy atom. The van der Waals surface area contributed by atoms with Gasteiger partial charge in [-0.3, -0.25) is 19.6 Å². The molecule has 5 rings (SSSR count). The largest absolute Gasteiger partial charge is 0.379 e. The summed E-state index contributed by atoms with van der Waals surface area (Å²) in [6.45, 7) is 3.82. The first-order valence-electron chi connectivity index (χ1n) is 10.7. The molecule has 3 N–H and O–H groups in total. The molecule has 1 aliphatic rings. The van der Waals surface area contributed by atoms with Crippen molar-refractivity contribution in [3.63, 3.8) is 0 Å². The topological polar surface area (TPSA) is 99.3 Å². The Kier molecular flexibility index (Phi) is 6.49. The second-order valence-electron chi connectivity index (χ2n) is 7.71.